The Morgan fingerprint density at radius 3 is 3.25 bits per heavy atom. The van der Waals surface area contributed by atoms with E-state index in [1.807, 2.05) is 11.3 Å². The summed E-state index contributed by atoms with van der Waals surface area (Å²) in [5.41, 5.74) is 1.38. The van der Waals surface area contributed by atoms with Crippen molar-refractivity contribution < 1.29 is 0 Å². The van der Waals surface area contributed by atoms with Gasteiger partial charge in [0.25, 0.3) is 0 Å². The highest BCUT2D eigenvalue weighted by atomic mass is 32.1. The van der Waals surface area contributed by atoms with Crippen molar-refractivity contribution >= 4 is 11.3 Å². The Balaban J connectivity index is 1.80. The summed E-state index contributed by atoms with van der Waals surface area (Å²) in [6.07, 6.45) is 3.76. The molecular weight excluding hydrogens is 218 g/mol. The van der Waals surface area contributed by atoms with Crippen LogP contribution in [0.4, 0.5) is 0 Å². The predicted molar refractivity (Wildman–Crippen MR) is 67.0 cm³/mol. The molecule has 0 aliphatic carbocycles. The molecule has 1 saturated heterocycles. The van der Waals surface area contributed by atoms with Gasteiger partial charge in [0.2, 0.25) is 0 Å². The summed E-state index contributed by atoms with van der Waals surface area (Å²) in [6, 6.07) is 0. The van der Waals surface area contributed by atoms with Crippen LogP contribution in [0, 0.1) is 0 Å². The number of hydrogen-bond acceptors (Lipinski definition) is 4. The Bertz CT molecular complexity index is 368. The van der Waals surface area contributed by atoms with Crippen LogP contribution < -0.4 is 5.32 Å². The third-order valence-corrected chi connectivity index (χ3v) is 4.83. The zero-order chi connectivity index (χ0) is 11.0. The fourth-order valence-corrected chi connectivity index (χ4v) is 3.91. The van der Waals surface area contributed by atoms with Crippen LogP contribution in [0.1, 0.15) is 34.3 Å². The Hall–Kier alpha value is -0.450. The van der Waals surface area contributed by atoms with E-state index in [-0.39, 0.29) is 0 Å². The summed E-state index contributed by atoms with van der Waals surface area (Å²) in [6.45, 7) is 4.58. The minimum Gasteiger partial charge on any atom is -0.316 e. The minimum atomic E-state index is 0.676. The van der Waals surface area contributed by atoms with Gasteiger partial charge in [0.05, 0.1) is 10.7 Å². The van der Waals surface area contributed by atoms with Crippen molar-refractivity contribution in [3.05, 3.63) is 15.6 Å². The van der Waals surface area contributed by atoms with Gasteiger partial charge in [-0.05, 0) is 26.4 Å². The van der Waals surface area contributed by atoms with Crippen LogP contribution >= 0.6 is 11.3 Å². The van der Waals surface area contributed by atoms with E-state index in [0.717, 1.165) is 19.5 Å². The van der Waals surface area contributed by atoms with Crippen molar-refractivity contribution in [2.75, 3.05) is 26.7 Å². The summed E-state index contributed by atoms with van der Waals surface area (Å²) in [7, 11) is 2.20. The lowest BCUT2D eigenvalue weighted by Gasteiger charge is -2.20. The fourth-order valence-electron chi connectivity index (χ4n) is 2.58. The summed E-state index contributed by atoms with van der Waals surface area (Å²) >= 11 is 1.95. The number of fused-ring (bicyclic) bond motifs is 1. The highest BCUT2D eigenvalue weighted by Crippen LogP contribution is 2.31. The van der Waals surface area contributed by atoms with Gasteiger partial charge in [-0.1, -0.05) is 0 Å². The van der Waals surface area contributed by atoms with Crippen LogP contribution in [-0.4, -0.2) is 36.6 Å². The number of hydrogen-bond donors (Lipinski definition) is 1. The first-order valence-electron chi connectivity index (χ1n) is 6.20. The molecule has 0 radical (unpaired) electrons. The second kappa shape index (κ2) is 4.43. The standard InChI is InChI=1S/C12H19N3S/c1-15-6-4-10-11(8-15)16-12(14-10)9-3-2-5-13-7-9/h9,13H,2-8H2,1H3. The second-order valence-corrected chi connectivity index (χ2v) is 6.07. The number of nitrogens with zero attached hydrogens (tertiary/aromatic N) is 2. The molecule has 0 saturated carbocycles. The van der Waals surface area contributed by atoms with E-state index in [9.17, 15) is 0 Å². The van der Waals surface area contributed by atoms with E-state index in [1.54, 1.807) is 0 Å². The fraction of sp³-hybridized carbons (Fsp3) is 0.750. The topological polar surface area (TPSA) is 28.2 Å². The highest BCUT2D eigenvalue weighted by Gasteiger charge is 2.23. The maximum Gasteiger partial charge on any atom is 0.0975 e. The number of thiazole rings is 1. The second-order valence-electron chi connectivity index (χ2n) is 4.95. The normalized spacial score (nSPS) is 26.7. The maximum atomic E-state index is 4.86. The van der Waals surface area contributed by atoms with Crippen LogP contribution in [0.15, 0.2) is 0 Å². The van der Waals surface area contributed by atoms with Gasteiger partial charge in [-0.2, -0.15) is 0 Å². The number of nitrogens with one attached hydrogen (secondary N) is 1. The highest BCUT2D eigenvalue weighted by molar-refractivity contribution is 7.11. The molecule has 1 aromatic rings. The average molecular weight is 237 g/mol. The van der Waals surface area contributed by atoms with Gasteiger partial charge in [0, 0.05) is 36.9 Å². The van der Waals surface area contributed by atoms with Crippen LogP contribution in [0.5, 0.6) is 0 Å². The van der Waals surface area contributed by atoms with E-state index in [0.29, 0.717) is 5.92 Å². The van der Waals surface area contributed by atoms with Gasteiger partial charge in [-0.3, -0.25) is 0 Å². The summed E-state index contributed by atoms with van der Waals surface area (Å²) in [4.78, 5) is 8.76. The Morgan fingerprint density at radius 1 is 1.50 bits per heavy atom. The summed E-state index contributed by atoms with van der Waals surface area (Å²) in [5.74, 6) is 0.676. The van der Waals surface area contributed by atoms with E-state index < -0.39 is 0 Å². The van der Waals surface area contributed by atoms with Crippen molar-refractivity contribution in [2.24, 2.45) is 0 Å². The van der Waals surface area contributed by atoms with E-state index in [4.69, 9.17) is 4.98 Å². The predicted octanol–water partition coefficient (Wildman–Crippen LogP) is 1.60. The lowest BCUT2D eigenvalue weighted by atomic mass is 10.0. The molecule has 0 spiro atoms. The molecule has 3 rings (SSSR count). The zero-order valence-corrected chi connectivity index (χ0v) is 10.6. The molecule has 16 heavy (non-hydrogen) atoms. The molecule has 1 fully saturated rings. The molecular formula is C12H19N3S. The first kappa shape index (κ1) is 10.7. The molecule has 0 aromatic carbocycles. The van der Waals surface area contributed by atoms with Crippen LogP contribution in [0.3, 0.4) is 0 Å². The largest absolute Gasteiger partial charge is 0.316 e. The van der Waals surface area contributed by atoms with Crippen molar-refractivity contribution in [3.63, 3.8) is 0 Å². The summed E-state index contributed by atoms with van der Waals surface area (Å²) < 4.78 is 0. The van der Waals surface area contributed by atoms with Crippen molar-refractivity contribution in [2.45, 2.75) is 31.7 Å². The minimum absolute atomic E-state index is 0.676. The smallest absolute Gasteiger partial charge is 0.0975 e. The Morgan fingerprint density at radius 2 is 2.44 bits per heavy atom. The van der Waals surface area contributed by atoms with Gasteiger partial charge in [0.15, 0.2) is 0 Å². The van der Waals surface area contributed by atoms with Gasteiger partial charge < -0.3 is 10.2 Å². The van der Waals surface area contributed by atoms with E-state index >= 15 is 0 Å². The lowest BCUT2D eigenvalue weighted by molar-refractivity contribution is 0.314. The van der Waals surface area contributed by atoms with Gasteiger partial charge in [0.1, 0.15) is 0 Å². The monoisotopic (exact) mass is 237 g/mol. The first-order chi connectivity index (χ1) is 7.83. The molecule has 0 bridgehead atoms. The Labute approximate surface area is 101 Å². The summed E-state index contributed by atoms with van der Waals surface area (Å²) in [5, 5.41) is 4.86. The van der Waals surface area contributed by atoms with Gasteiger partial charge >= 0.3 is 0 Å². The molecule has 2 aliphatic rings. The molecule has 4 heteroatoms. The molecule has 3 heterocycles. The van der Waals surface area contributed by atoms with Gasteiger partial charge in [-0.25, -0.2) is 4.98 Å². The number of likely N-dealkylation sites (N-methyl/N-ethyl adjacent to an activating group) is 1. The SMILES string of the molecule is CN1CCc2nc(C3CCCNC3)sc2C1. The molecule has 3 nitrogen and oxygen atoms in total. The van der Waals surface area contributed by atoms with E-state index in [2.05, 4.69) is 17.3 Å². The number of aromatic nitrogens is 1. The molecule has 1 unspecified atom stereocenters. The molecule has 2 aliphatic heterocycles. The third-order valence-electron chi connectivity index (χ3n) is 3.58. The number of piperidine rings is 1. The molecule has 0 amide bonds. The quantitative estimate of drug-likeness (QED) is 0.804. The van der Waals surface area contributed by atoms with E-state index in [1.165, 1.54) is 41.5 Å². The average Bonchev–Trinajstić information content (AvgIpc) is 2.73. The van der Waals surface area contributed by atoms with Crippen LogP contribution in [0.2, 0.25) is 0 Å². The molecule has 1 N–H and O–H groups in total. The van der Waals surface area contributed by atoms with Crippen LogP contribution in [0.25, 0.3) is 0 Å². The first-order valence-corrected chi connectivity index (χ1v) is 7.02. The molecule has 88 valence electrons. The molecule has 1 atom stereocenters. The van der Waals surface area contributed by atoms with Gasteiger partial charge in [-0.15, -0.1) is 11.3 Å². The number of rotatable bonds is 1. The van der Waals surface area contributed by atoms with Crippen molar-refractivity contribution in [1.82, 2.24) is 15.2 Å². The van der Waals surface area contributed by atoms with Crippen molar-refractivity contribution in [3.8, 4) is 0 Å². The lowest BCUT2D eigenvalue weighted by Crippen LogP contribution is -2.28. The van der Waals surface area contributed by atoms with Crippen LogP contribution in [-0.2, 0) is 13.0 Å². The van der Waals surface area contributed by atoms with Crippen molar-refractivity contribution in [1.29, 1.82) is 0 Å². The Kier molecular flexibility index (Phi) is 2.96. The third kappa shape index (κ3) is 2.01. The maximum absolute atomic E-state index is 4.86. The molecule has 1 aromatic heterocycles. The zero-order valence-electron chi connectivity index (χ0n) is 9.83.